The number of carbonyl (C=O) groups excluding carboxylic acids is 1. The second-order valence-electron chi connectivity index (χ2n) is 3.63. The lowest BCUT2D eigenvalue weighted by molar-refractivity contribution is -0.123. The van der Waals surface area contributed by atoms with Crippen molar-refractivity contribution in [1.82, 2.24) is 0 Å². The van der Waals surface area contributed by atoms with Crippen molar-refractivity contribution in [2.45, 2.75) is 27.1 Å². The average Bonchev–Trinajstić information content (AvgIpc) is 2.47. The van der Waals surface area contributed by atoms with Crippen LogP contribution in [-0.2, 0) is 14.3 Å². The summed E-state index contributed by atoms with van der Waals surface area (Å²) in [5.74, 6) is 1.44. The van der Waals surface area contributed by atoms with Crippen LogP contribution in [0.2, 0.25) is 0 Å². The van der Waals surface area contributed by atoms with Gasteiger partial charge in [0.05, 0.1) is 7.11 Å². The van der Waals surface area contributed by atoms with Gasteiger partial charge in [-0.1, -0.05) is 0 Å². The molecule has 5 heteroatoms. The maximum atomic E-state index is 9.95. The number of aldehydes is 1. The van der Waals surface area contributed by atoms with Gasteiger partial charge in [-0.25, -0.2) is 0 Å². The molecule has 1 aromatic carbocycles. The predicted octanol–water partition coefficient (Wildman–Crippen LogP) is 2.68. The van der Waals surface area contributed by atoms with Gasteiger partial charge in [-0.3, -0.25) is 4.79 Å². The van der Waals surface area contributed by atoms with E-state index in [0.717, 1.165) is 19.0 Å². The van der Waals surface area contributed by atoms with E-state index in [1.165, 1.54) is 0 Å². The first-order chi connectivity index (χ1) is 9.67. The molecule has 0 aliphatic carbocycles. The molecule has 5 nitrogen and oxygen atoms in total. The molecule has 0 aliphatic heterocycles. The van der Waals surface area contributed by atoms with Crippen LogP contribution in [0.15, 0.2) is 24.3 Å². The van der Waals surface area contributed by atoms with Crippen molar-refractivity contribution in [2.24, 2.45) is 0 Å². The molecule has 0 heterocycles. The summed E-state index contributed by atoms with van der Waals surface area (Å²) in [6, 6.07) is 7.06. The van der Waals surface area contributed by atoms with Crippen LogP contribution in [0.3, 0.4) is 0 Å². The van der Waals surface area contributed by atoms with Crippen molar-refractivity contribution in [1.29, 1.82) is 0 Å². The molecular formula is C15H24O5. The summed E-state index contributed by atoms with van der Waals surface area (Å²) in [6.45, 7) is 7.34. The standard InChI is InChI=1S/C9H10O3.C6H14O2/c1-11-8-2-4-9(5-3-8)12-7-6-10;1-4-7-6(3)8-5-2/h2-6H,7H2,1H3;6H,4-5H2,1-3H3. The van der Waals surface area contributed by atoms with Crippen LogP contribution < -0.4 is 9.47 Å². The van der Waals surface area contributed by atoms with Gasteiger partial charge >= 0.3 is 0 Å². The number of methoxy groups -OCH3 is 1. The van der Waals surface area contributed by atoms with Crippen molar-refractivity contribution in [2.75, 3.05) is 26.9 Å². The third kappa shape index (κ3) is 9.35. The smallest absolute Gasteiger partial charge is 0.157 e. The quantitative estimate of drug-likeness (QED) is 0.542. The molecule has 0 amide bonds. The van der Waals surface area contributed by atoms with E-state index >= 15 is 0 Å². The average molecular weight is 284 g/mol. The molecule has 0 spiro atoms. The first-order valence-corrected chi connectivity index (χ1v) is 6.61. The monoisotopic (exact) mass is 284 g/mol. The van der Waals surface area contributed by atoms with E-state index in [-0.39, 0.29) is 12.9 Å². The third-order valence-corrected chi connectivity index (χ3v) is 2.18. The summed E-state index contributed by atoms with van der Waals surface area (Å²) in [4.78, 5) is 9.95. The second kappa shape index (κ2) is 12.4. The largest absolute Gasteiger partial charge is 0.497 e. The molecule has 0 saturated carbocycles. The highest BCUT2D eigenvalue weighted by Gasteiger charge is 1.95. The van der Waals surface area contributed by atoms with E-state index in [1.54, 1.807) is 31.4 Å². The van der Waals surface area contributed by atoms with Crippen LogP contribution in [0, 0.1) is 0 Å². The van der Waals surface area contributed by atoms with Gasteiger partial charge in [-0.15, -0.1) is 0 Å². The third-order valence-electron chi connectivity index (χ3n) is 2.18. The minimum Gasteiger partial charge on any atom is -0.497 e. The lowest BCUT2D eigenvalue weighted by Crippen LogP contribution is -2.11. The number of rotatable bonds is 8. The van der Waals surface area contributed by atoms with Crippen LogP contribution >= 0.6 is 0 Å². The van der Waals surface area contributed by atoms with Gasteiger partial charge in [0.25, 0.3) is 0 Å². The van der Waals surface area contributed by atoms with Crippen molar-refractivity contribution in [3.63, 3.8) is 0 Å². The normalized spacial score (nSPS) is 9.65. The van der Waals surface area contributed by atoms with Crippen LogP contribution in [-0.4, -0.2) is 39.5 Å². The fourth-order valence-electron chi connectivity index (χ4n) is 1.32. The fourth-order valence-corrected chi connectivity index (χ4v) is 1.32. The molecule has 0 aliphatic rings. The summed E-state index contributed by atoms with van der Waals surface area (Å²) in [5, 5.41) is 0. The molecule has 0 aromatic heterocycles. The number of hydrogen-bond acceptors (Lipinski definition) is 5. The predicted molar refractivity (Wildman–Crippen MR) is 77.3 cm³/mol. The van der Waals surface area contributed by atoms with Crippen molar-refractivity contribution in [3.05, 3.63) is 24.3 Å². The molecule has 0 unspecified atom stereocenters. The summed E-state index contributed by atoms with van der Waals surface area (Å²) in [7, 11) is 1.60. The van der Waals surface area contributed by atoms with E-state index < -0.39 is 0 Å². The molecule has 0 radical (unpaired) electrons. The fraction of sp³-hybridized carbons (Fsp3) is 0.533. The molecule has 0 bridgehead atoms. The maximum Gasteiger partial charge on any atom is 0.157 e. The van der Waals surface area contributed by atoms with E-state index in [2.05, 4.69) is 0 Å². The van der Waals surface area contributed by atoms with Crippen LogP contribution in [0.1, 0.15) is 20.8 Å². The lowest BCUT2D eigenvalue weighted by Gasteiger charge is -2.09. The summed E-state index contributed by atoms with van der Waals surface area (Å²) in [6.07, 6.45) is 0.675. The van der Waals surface area contributed by atoms with Crippen molar-refractivity contribution >= 4 is 6.29 Å². The minimum absolute atomic E-state index is 0.0370. The molecule has 1 rings (SSSR count). The van der Waals surface area contributed by atoms with Crippen molar-refractivity contribution < 1.29 is 23.7 Å². The van der Waals surface area contributed by atoms with E-state index in [9.17, 15) is 4.79 Å². The van der Waals surface area contributed by atoms with Gasteiger partial charge in [0, 0.05) is 13.2 Å². The van der Waals surface area contributed by atoms with Crippen LogP contribution in [0.4, 0.5) is 0 Å². The number of ether oxygens (including phenoxy) is 4. The SMILES string of the molecule is CCOC(C)OCC.COc1ccc(OCC=O)cc1. The second-order valence-corrected chi connectivity index (χ2v) is 3.63. The highest BCUT2D eigenvalue weighted by Crippen LogP contribution is 2.16. The number of hydrogen-bond donors (Lipinski definition) is 0. The summed E-state index contributed by atoms with van der Waals surface area (Å²) < 4.78 is 20.1. The van der Waals surface area contributed by atoms with Gasteiger partial charge < -0.3 is 18.9 Å². The van der Waals surface area contributed by atoms with Gasteiger partial charge in [0.2, 0.25) is 0 Å². The first-order valence-electron chi connectivity index (χ1n) is 6.61. The summed E-state index contributed by atoms with van der Waals surface area (Å²) >= 11 is 0. The lowest BCUT2D eigenvalue weighted by atomic mass is 10.3. The van der Waals surface area contributed by atoms with E-state index in [0.29, 0.717) is 12.0 Å². The molecule has 0 fully saturated rings. The Morgan fingerprint density at radius 1 is 1.05 bits per heavy atom. The Morgan fingerprint density at radius 2 is 1.55 bits per heavy atom. The minimum atomic E-state index is -0.0370. The Balaban J connectivity index is 0.000000396. The molecule has 114 valence electrons. The summed E-state index contributed by atoms with van der Waals surface area (Å²) in [5.41, 5.74) is 0. The van der Waals surface area contributed by atoms with Gasteiger partial charge in [0.1, 0.15) is 18.1 Å². The molecule has 20 heavy (non-hydrogen) atoms. The van der Waals surface area contributed by atoms with Gasteiger partial charge in [0.15, 0.2) is 12.6 Å². The maximum absolute atomic E-state index is 9.95. The van der Waals surface area contributed by atoms with Crippen LogP contribution in [0.25, 0.3) is 0 Å². The van der Waals surface area contributed by atoms with Gasteiger partial charge in [-0.05, 0) is 45.0 Å². The first kappa shape index (κ1) is 18.4. The number of carbonyl (C=O) groups is 1. The van der Waals surface area contributed by atoms with Gasteiger partial charge in [-0.2, -0.15) is 0 Å². The topological polar surface area (TPSA) is 54.0 Å². The highest BCUT2D eigenvalue weighted by molar-refractivity contribution is 5.51. The molecule has 1 aromatic rings. The Morgan fingerprint density at radius 3 is 1.95 bits per heavy atom. The Labute approximate surface area is 120 Å². The van der Waals surface area contributed by atoms with E-state index in [4.69, 9.17) is 18.9 Å². The zero-order valence-electron chi connectivity index (χ0n) is 12.6. The zero-order valence-corrected chi connectivity index (χ0v) is 12.6. The molecule has 0 saturated heterocycles. The zero-order chi connectivity index (χ0) is 15.2. The molecule has 0 N–H and O–H groups in total. The highest BCUT2D eigenvalue weighted by atomic mass is 16.7. The molecular weight excluding hydrogens is 260 g/mol. The Hall–Kier alpha value is -1.59. The van der Waals surface area contributed by atoms with Crippen LogP contribution in [0.5, 0.6) is 11.5 Å². The Bertz CT molecular complexity index is 331. The Kier molecular flexibility index (Phi) is 11.5. The van der Waals surface area contributed by atoms with E-state index in [1.807, 2.05) is 20.8 Å². The van der Waals surface area contributed by atoms with Crippen molar-refractivity contribution in [3.8, 4) is 11.5 Å². The molecule has 0 atom stereocenters. The number of benzene rings is 1.